The van der Waals surface area contributed by atoms with Gasteiger partial charge in [-0.05, 0) is 0 Å². The molecule has 0 aliphatic heterocycles. The van der Waals surface area contributed by atoms with Gasteiger partial charge in [-0.25, -0.2) is 4.98 Å². The van der Waals surface area contributed by atoms with Crippen molar-refractivity contribution in [3.8, 4) is 5.88 Å². The molecule has 0 unspecified atom stereocenters. The van der Waals surface area contributed by atoms with Gasteiger partial charge in [-0.2, -0.15) is 18.2 Å². The van der Waals surface area contributed by atoms with Gasteiger partial charge in [0.15, 0.2) is 6.61 Å². The maximum atomic E-state index is 11.7. The van der Waals surface area contributed by atoms with Crippen LogP contribution in [0.15, 0.2) is 6.07 Å². The van der Waals surface area contributed by atoms with Crippen LogP contribution in [0.2, 0.25) is 5.15 Å². The third-order valence-corrected chi connectivity index (χ3v) is 1.27. The molecule has 1 aromatic heterocycles. The van der Waals surface area contributed by atoms with Crippen LogP contribution in [0.3, 0.4) is 0 Å². The summed E-state index contributed by atoms with van der Waals surface area (Å²) in [6.45, 7) is -1.44. The molecule has 8 heteroatoms. The second kappa shape index (κ2) is 3.87. The Morgan fingerprint density at radius 2 is 2.07 bits per heavy atom. The van der Waals surface area contributed by atoms with Crippen molar-refractivity contribution in [2.75, 3.05) is 12.3 Å². The first-order valence-electron chi connectivity index (χ1n) is 3.36. The average molecular weight is 228 g/mol. The highest BCUT2D eigenvalue weighted by Gasteiger charge is 2.28. The summed E-state index contributed by atoms with van der Waals surface area (Å²) in [6, 6.07) is 1.05. The van der Waals surface area contributed by atoms with Crippen molar-refractivity contribution in [1.82, 2.24) is 9.97 Å². The first-order valence-corrected chi connectivity index (χ1v) is 3.74. The van der Waals surface area contributed by atoms with Crippen molar-refractivity contribution in [2.24, 2.45) is 0 Å². The lowest BCUT2D eigenvalue weighted by molar-refractivity contribution is -0.154. The zero-order valence-electron chi connectivity index (χ0n) is 6.68. The summed E-state index contributed by atoms with van der Waals surface area (Å²) in [5.41, 5.74) is 5.13. The number of alkyl halides is 3. The Labute approximate surface area is 81.9 Å². The molecule has 2 N–H and O–H groups in total. The van der Waals surface area contributed by atoms with Gasteiger partial charge in [-0.1, -0.05) is 11.6 Å². The Morgan fingerprint density at radius 3 is 2.57 bits per heavy atom. The fourth-order valence-corrected chi connectivity index (χ4v) is 0.823. The minimum atomic E-state index is -4.42. The molecule has 0 saturated carbocycles. The Bertz CT molecular complexity index is 310. The summed E-state index contributed by atoms with van der Waals surface area (Å²) in [6.07, 6.45) is -4.42. The second-order valence-corrected chi connectivity index (χ2v) is 2.68. The number of anilines is 1. The molecule has 0 atom stereocenters. The number of hydrogen-bond donors (Lipinski definition) is 1. The summed E-state index contributed by atoms with van der Waals surface area (Å²) in [7, 11) is 0. The van der Waals surface area contributed by atoms with Crippen LogP contribution >= 0.6 is 11.6 Å². The SMILES string of the molecule is Nc1nc(Cl)cc(OCC(F)(F)F)n1. The third-order valence-electron chi connectivity index (χ3n) is 1.07. The summed E-state index contributed by atoms with van der Waals surface area (Å²) < 4.78 is 39.4. The smallest absolute Gasteiger partial charge is 0.422 e. The van der Waals surface area contributed by atoms with Crippen LogP contribution in [0.1, 0.15) is 0 Å². The number of nitrogens with zero attached hydrogens (tertiary/aromatic N) is 2. The molecule has 78 valence electrons. The standard InChI is InChI=1S/C6H5ClF3N3O/c7-3-1-4(13-5(11)12-3)14-2-6(8,9)10/h1H,2H2,(H2,11,12,13). The van der Waals surface area contributed by atoms with E-state index in [0.29, 0.717) is 0 Å². The molecule has 0 saturated heterocycles. The van der Waals surface area contributed by atoms with Crippen LogP contribution in [0.25, 0.3) is 0 Å². The Morgan fingerprint density at radius 1 is 1.43 bits per heavy atom. The van der Waals surface area contributed by atoms with Crippen molar-refractivity contribution in [3.63, 3.8) is 0 Å². The molecule has 1 aromatic rings. The zero-order chi connectivity index (χ0) is 10.8. The summed E-state index contributed by atoms with van der Waals surface area (Å²) in [5.74, 6) is -0.547. The highest BCUT2D eigenvalue weighted by Crippen LogP contribution is 2.19. The van der Waals surface area contributed by atoms with Gasteiger partial charge in [0.05, 0.1) is 0 Å². The number of hydrogen-bond acceptors (Lipinski definition) is 4. The first kappa shape index (κ1) is 10.8. The lowest BCUT2D eigenvalue weighted by atomic mass is 10.6. The molecule has 0 aliphatic carbocycles. The first-order chi connectivity index (χ1) is 6.37. The third kappa shape index (κ3) is 3.65. The second-order valence-electron chi connectivity index (χ2n) is 2.29. The van der Waals surface area contributed by atoms with E-state index in [1.165, 1.54) is 0 Å². The van der Waals surface area contributed by atoms with E-state index >= 15 is 0 Å². The predicted molar refractivity (Wildman–Crippen MR) is 43.0 cm³/mol. The van der Waals surface area contributed by atoms with E-state index in [1.807, 2.05) is 0 Å². The number of ether oxygens (including phenoxy) is 1. The fraction of sp³-hybridized carbons (Fsp3) is 0.333. The van der Waals surface area contributed by atoms with Crippen LogP contribution in [-0.2, 0) is 0 Å². The van der Waals surface area contributed by atoms with E-state index in [2.05, 4.69) is 14.7 Å². The lowest BCUT2D eigenvalue weighted by Crippen LogP contribution is -2.19. The van der Waals surface area contributed by atoms with Crippen molar-refractivity contribution in [2.45, 2.75) is 6.18 Å². The molecule has 1 rings (SSSR count). The number of rotatable bonds is 2. The van der Waals surface area contributed by atoms with Crippen molar-refractivity contribution in [3.05, 3.63) is 11.2 Å². The van der Waals surface area contributed by atoms with E-state index in [9.17, 15) is 13.2 Å². The van der Waals surface area contributed by atoms with E-state index in [1.54, 1.807) is 0 Å². The molecule has 0 spiro atoms. The molecular weight excluding hydrogens is 223 g/mol. The predicted octanol–water partition coefficient (Wildman–Crippen LogP) is 1.65. The van der Waals surface area contributed by atoms with Crippen molar-refractivity contribution >= 4 is 17.5 Å². The highest BCUT2D eigenvalue weighted by molar-refractivity contribution is 6.29. The molecular formula is C6H5ClF3N3O. The topological polar surface area (TPSA) is 61.0 Å². The minimum Gasteiger partial charge on any atom is -0.468 e. The maximum absolute atomic E-state index is 11.7. The molecule has 0 bridgehead atoms. The largest absolute Gasteiger partial charge is 0.468 e. The monoisotopic (exact) mass is 227 g/mol. The van der Waals surface area contributed by atoms with Crippen LogP contribution in [0.5, 0.6) is 5.88 Å². The molecule has 0 aliphatic rings. The van der Waals surface area contributed by atoms with Gasteiger partial charge < -0.3 is 10.5 Å². The van der Waals surface area contributed by atoms with E-state index in [4.69, 9.17) is 17.3 Å². The van der Waals surface area contributed by atoms with Gasteiger partial charge in [0.25, 0.3) is 0 Å². The molecule has 0 aromatic carbocycles. The zero-order valence-corrected chi connectivity index (χ0v) is 7.43. The summed E-state index contributed by atoms with van der Waals surface area (Å²) in [4.78, 5) is 6.85. The van der Waals surface area contributed by atoms with Crippen LogP contribution < -0.4 is 10.5 Å². The maximum Gasteiger partial charge on any atom is 0.422 e. The minimum absolute atomic E-state index is 0.0744. The molecule has 0 fully saturated rings. The molecule has 14 heavy (non-hydrogen) atoms. The van der Waals surface area contributed by atoms with E-state index < -0.39 is 12.8 Å². The van der Waals surface area contributed by atoms with Crippen LogP contribution in [0, 0.1) is 0 Å². The van der Waals surface area contributed by atoms with Gasteiger partial charge in [0, 0.05) is 6.07 Å². The number of aromatic nitrogens is 2. The van der Waals surface area contributed by atoms with Gasteiger partial charge in [-0.3, -0.25) is 0 Å². The van der Waals surface area contributed by atoms with Gasteiger partial charge in [-0.15, -0.1) is 0 Å². The van der Waals surface area contributed by atoms with Crippen LogP contribution in [0.4, 0.5) is 19.1 Å². The number of nitrogens with two attached hydrogens (primary N) is 1. The van der Waals surface area contributed by atoms with Crippen molar-refractivity contribution in [1.29, 1.82) is 0 Å². The van der Waals surface area contributed by atoms with E-state index in [-0.39, 0.29) is 17.0 Å². The van der Waals surface area contributed by atoms with Gasteiger partial charge >= 0.3 is 6.18 Å². The lowest BCUT2D eigenvalue weighted by Gasteiger charge is -2.08. The molecule has 4 nitrogen and oxygen atoms in total. The Balaban J connectivity index is 2.68. The fourth-order valence-electron chi connectivity index (χ4n) is 0.643. The highest BCUT2D eigenvalue weighted by atomic mass is 35.5. The molecule has 0 amide bonds. The Kier molecular flexibility index (Phi) is 3.00. The summed E-state index contributed by atoms with van der Waals surface area (Å²) >= 11 is 5.41. The number of nitrogen functional groups attached to an aromatic ring is 1. The van der Waals surface area contributed by atoms with Crippen LogP contribution in [-0.4, -0.2) is 22.8 Å². The Hall–Kier alpha value is -1.24. The molecule has 1 heterocycles. The molecule has 0 radical (unpaired) electrons. The van der Waals surface area contributed by atoms with Gasteiger partial charge in [0.1, 0.15) is 5.15 Å². The normalized spacial score (nSPS) is 11.4. The van der Waals surface area contributed by atoms with Crippen molar-refractivity contribution < 1.29 is 17.9 Å². The average Bonchev–Trinajstić information content (AvgIpc) is 1.97. The van der Waals surface area contributed by atoms with Gasteiger partial charge in [0.2, 0.25) is 11.8 Å². The van der Waals surface area contributed by atoms with E-state index in [0.717, 1.165) is 6.07 Å². The quantitative estimate of drug-likeness (QED) is 0.781. The summed E-state index contributed by atoms with van der Waals surface area (Å²) in [5, 5.41) is -0.0744. The number of halogens is 4.